The molecule has 0 bridgehead atoms. The number of nitrogens with one attached hydrogen (secondary N) is 1. The average Bonchev–Trinajstić information content (AvgIpc) is 3.00. The predicted molar refractivity (Wildman–Crippen MR) is 93.6 cm³/mol. The van der Waals surface area contributed by atoms with E-state index in [0.29, 0.717) is 5.56 Å². The Morgan fingerprint density at radius 1 is 1.17 bits per heavy atom. The van der Waals surface area contributed by atoms with E-state index >= 15 is 0 Å². The molecule has 24 heavy (non-hydrogen) atoms. The van der Waals surface area contributed by atoms with Crippen LogP contribution in [0.1, 0.15) is 25.6 Å². The number of benzene rings is 1. The van der Waals surface area contributed by atoms with Gasteiger partial charge in [0.25, 0.3) is 5.91 Å². The molecule has 0 saturated carbocycles. The lowest BCUT2D eigenvalue weighted by Crippen LogP contribution is -2.13. The van der Waals surface area contributed by atoms with Gasteiger partial charge in [-0.3, -0.25) is 9.78 Å². The summed E-state index contributed by atoms with van der Waals surface area (Å²) in [7, 11) is 0. The Labute approximate surface area is 142 Å². The molecule has 0 unspecified atom stereocenters. The number of carbonyl (C=O) groups is 2. The molecule has 0 atom stereocenters. The van der Waals surface area contributed by atoms with Crippen molar-refractivity contribution in [2.45, 2.75) is 6.92 Å². The first kappa shape index (κ1) is 15.9. The molecule has 0 fully saturated rings. The van der Waals surface area contributed by atoms with Gasteiger partial charge in [-0.05, 0) is 31.2 Å². The molecule has 0 aliphatic heterocycles. The molecule has 120 valence electrons. The number of carbonyl (C=O) groups excluding carboxylic acids is 1. The molecule has 1 aromatic carbocycles. The maximum absolute atomic E-state index is 12.3. The number of nitrogens with zero attached hydrogens (tertiary/aromatic N) is 1. The third-order valence-corrected chi connectivity index (χ3v) is 4.61. The van der Waals surface area contributed by atoms with Crippen molar-refractivity contribution in [1.29, 1.82) is 0 Å². The number of aromatic carboxylic acids is 1. The summed E-state index contributed by atoms with van der Waals surface area (Å²) in [5, 5.41) is 12.1. The fourth-order valence-electron chi connectivity index (χ4n) is 2.19. The minimum atomic E-state index is -1.07. The molecule has 0 aliphatic carbocycles. The highest BCUT2D eigenvalue weighted by molar-refractivity contribution is 7.18. The molecule has 6 heteroatoms. The normalized spacial score (nSPS) is 10.4. The first-order valence-electron chi connectivity index (χ1n) is 7.20. The van der Waals surface area contributed by atoms with Gasteiger partial charge in [0.15, 0.2) is 0 Å². The van der Waals surface area contributed by atoms with Crippen molar-refractivity contribution in [3.05, 3.63) is 70.9 Å². The fraction of sp³-hybridized carbons (Fsp3) is 0.0556. The van der Waals surface area contributed by atoms with Crippen molar-refractivity contribution >= 4 is 28.9 Å². The van der Waals surface area contributed by atoms with E-state index in [-0.39, 0.29) is 16.5 Å². The van der Waals surface area contributed by atoms with Gasteiger partial charge in [0.05, 0.1) is 5.69 Å². The lowest BCUT2D eigenvalue weighted by atomic mass is 10.1. The Kier molecular flexibility index (Phi) is 4.39. The lowest BCUT2D eigenvalue weighted by Gasteiger charge is -2.04. The van der Waals surface area contributed by atoms with E-state index in [2.05, 4.69) is 10.3 Å². The smallest absolute Gasteiger partial charge is 0.348 e. The summed E-state index contributed by atoms with van der Waals surface area (Å²) in [5.41, 5.74) is 2.62. The van der Waals surface area contributed by atoms with Crippen LogP contribution in [-0.2, 0) is 0 Å². The van der Waals surface area contributed by atoms with Crippen molar-refractivity contribution in [1.82, 2.24) is 4.98 Å². The summed E-state index contributed by atoms with van der Waals surface area (Å²) in [4.78, 5) is 28.7. The molecule has 1 amide bonds. The van der Waals surface area contributed by atoms with Gasteiger partial charge in [-0.2, -0.15) is 0 Å². The fourth-order valence-corrected chi connectivity index (χ4v) is 3.14. The second-order valence-corrected chi connectivity index (χ2v) is 6.27. The van der Waals surface area contributed by atoms with Gasteiger partial charge < -0.3 is 10.4 Å². The summed E-state index contributed by atoms with van der Waals surface area (Å²) < 4.78 is 0. The highest BCUT2D eigenvalue weighted by atomic mass is 32.1. The van der Waals surface area contributed by atoms with Crippen LogP contribution in [0.2, 0.25) is 0 Å². The second-order valence-electron chi connectivity index (χ2n) is 5.22. The Balaban J connectivity index is 1.92. The van der Waals surface area contributed by atoms with Crippen LogP contribution >= 0.6 is 11.3 Å². The number of carboxylic acid groups (broad SMARTS) is 1. The Morgan fingerprint density at radius 2 is 1.92 bits per heavy atom. The summed E-state index contributed by atoms with van der Waals surface area (Å²) in [6, 6.07) is 12.4. The number of rotatable bonds is 4. The zero-order valence-corrected chi connectivity index (χ0v) is 13.6. The lowest BCUT2D eigenvalue weighted by molar-refractivity contribution is 0.0703. The van der Waals surface area contributed by atoms with Gasteiger partial charge in [0.1, 0.15) is 4.88 Å². The van der Waals surface area contributed by atoms with Gasteiger partial charge >= 0.3 is 5.97 Å². The summed E-state index contributed by atoms with van der Waals surface area (Å²) in [6.45, 7) is 1.93. The standard InChI is InChI=1S/C18H14N2O3S/c1-11-4-6-12(7-5-11)17(21)20-14-9-15(24-16(14)18(22)23)13-3-2-8-19-10-13/h2-10H,1H3,(H,20,21)(H,22,23). The van der Waals surface area contributed by atoms with Crippen molar-refractivity contribution in [2.75, 3.05) is 5.32 Å². The zero-order chi connectivity index (χ0) is 17.1. The number of thiophene rings is 1. The van der Waals surface area contributed by atoms with Crippen LogP contribution in [0.3, 0.4) is 0 Å². The third kappa shape index (κ3) is 3.33. The maximum atomic E-state index is 12.3. The van der Waals surface area contributed by atoms with Gasteiger partial charge in [-0.1, -0.05) is 23.8 Å². The number of hydrogen-bond acceptors (Lipinski definition) is 4. The highest BCUT2D eigenvalue weighted by Gasteiger charge is 2.18. The molecule has 3 aromatic rings. The summed E-state index contributed by atoms with van der Waals surface area (Å²) in [6.07, 6.45) is 3.30. The predicted octanol–water partition coefficient (Wildman–Crippen LogP) is 4.07. The van der Waals surface area contributed by atoms with E-state index in [1.807, 2.05) is 25.1 Å². The number of aryl methyl sites for hydroxylation is 1. The zero-order valence-electron chi connectivity index (χ0n) is 12.8. The molecule has 5 nitrogen and oxygen atoms in total. The molecule has 0 aliphatic rings. The minimum Gasteiger partial charge on any atom is -0.477 e. The molecular weight excluding hydrogens is 324 g/mol. The number of pyridine rings is 1. The first-order chi connectivity index (χ1) is 11.5. The molecule has 2 heterocycles. The number of aromatic nitrogens is 1. The van der Waals surface area contributed by atoms with Crippen LogP contribution in [0.25, 0.3) is 10.4 Å². The Morgan fingerprint density at radius 3 is 2.54 bits per heavy atom. The minimum absolute atomic E-state index is 0.0920. The van der Waals surface area contributed by atoms with Gasteiger partial charge in [-0.15, -0.1) is 11.3 Å². The molecule has 2 N–H and O–H groups in total. The van der Waals surface area contributed by atoms with Crippen LogP contribution in [0.5, 0.6) is 0 Å². The van der Waals surface area contributed by atoms with Crippen LogP contribution in [-0.4, -0.2) is 22.0 Å². The van der Waals surface area contributed by atoms with Gasteiger partial charge in [0, 0.05) is 28.4 Å². The van der Waals surface area contributed by atoms with E-state index in [0.717, 1.165) is 27.3 Å². The number of amides is 1. The van der Waals surface area contributed by atoms with Gasteiger partial charge in [0.2, 0.25) is 0 Å². The molecule has 0 saturated heterocycles. The second kappa shape index (κ2) is 6.64. The van der Waals surface area contributed by atoms with E-state index in [4.69, 9.17) is 0 Å². The SMILES string of the molecule is Cc1ccc(C(=O)Nc2cc(-c3cccnc3)sc2C(=O)O)cc1. The number of hydrogen-bond donors (Lipinski definition) is 2. The quantitative estimate of drug-likeness (QED) is 0.751. The molecule has 2 aromatic heterocycles. The topological polar surface area (TPSA) is 79.3 Å². The van der Waals surface area contributed by atoms with E-state index < -0.39 is 5.97 Å². The number of carboxylic acids is 1. The molecular formula is C18H14N2O3S. The Bertz CT molecular complexity index is 886. The first-order valence-corrected chi connectivity index (χ1v) is 8.02. The highest BCUT2D eigenvalue weighted by Crippen LogP contribution is 2.34. The number of anilines is 1. The summed E-state index contributed by atoms with van der Waals surface area (Å²) >= 11 is 1.11. The average molecular weight is 338 g/mol. The van der Waals surface area contributed by atoms with Crippen LogP contribution < -0.4 is 5.32 Å². The molecule has 0 radical (unpaired) electrons. The van der Waals surface area contributed by atoms with Crippen molar-refractivity contribution in [2.24, 2.45) is 0 Å². The summed E-state index contributed by atoms with van der Waals surface area (Å²) in [5.74, 6) is -1.41. The van der Waals surface area contributed by atoms with Crippen molar-refractivity contribution in [3.8, 4) is 10.4 Å². The third-order valence-electron chi connectivity index (χ3n) is 3.43. The van der Waals surface area contributed by atoms with Crippen LogP contribution in [0, 0.1) is 6.92 Å². The molecule has 0 spiro atoms. The largest absolute Gasteiger partial charge is 0.477 e. The van der Waals surface area contributed by atoms with Gasteiger partial charge in [-0.25, -0.2) is 4.79 Å². The van der Waals surface area contributed by atoms with E-state index in [1.54, 1.807) is 36.7 Å². The van der Waals surface area contributed by atoms with Crippen LogP contribution in [0.15, 0.2) is 54.9 Å². The maximum Gasteiger partial charge on any atom is 0.348 e. The Hall–Kier alpha value is -2.99. The van der Waals surface area contributed by atoms with Crippen molar-refractivity contribution < 1.29 is 14.7 Å². The van der Waals surface area contributed by atoms with Crippen LogP contribution in [0.4, 0.5) is 5.69 Å². The van der Waals surface area contributed by atoms with E-state index in [1.165, 1.54) is 0 Å². The van der Waals surface area contributed by atoms with Crippen molar-refractivity contribution in [3.63, 3.8) is 0 Å². The molecule has 3 rings (SSSR count). The van der Waals surface area contributed by atoms with E-state index in [9.17, 15) is 14.7 Å². The monoisotopic (exact) mass is 338 g/mol.